The largest absolute Gasteiger partial charge is 0.319 e. The third-order valence-electron chi connectivity index (χ3n) is 5.83. The lowest BCUT2D eigenvalue weighted by atomic mass is 9.75. The van der Waals surface area contributed by atoms with Gasteiger partial charge in [0.2, 0.25) is 5.91 Å². The lowest BCUT2D eigenvalue weighted by Gasteiger charge is -2.41. The normalized spacial score (nSPS) is 23.8. The molecule has 2 aliphatic rings. The molecule has 1 saturated carbocycles. The van der Waals surface area contributed by atoms with Gasteiger partial charge in [0, 0.05) is 12.6 Å². The number of nitro benzene ring substituents is 1. The van der Waals surface area contributed by atoms with Gasteiger partial charge in [-0.3, -0.25) is 19.8 Å². The van der Waals surface area contributed by atoms with E-state index in [1.54, 1.807) is 6.07 Å². The van der Waals surface area contributed by atoms with Crippen LogP contribution < -0.4 is 5.32 Å². The van der Waals surface area contributed by atoms with Crippen LogP contribution in [0.1, 0.15) is 43.2 Å². The molecule has 1 heterocycles. The molecule has 1 saturated heterocycles. The van der Waals surface area contributed by atoms with E-state index < -0.39 is 4.92 Å². The van der Waals surface area contributed by atoms with E-state index in [0.29, 0.717) is 18.2 Å². The topological polar surface area (TPSA) is 75.5 Å². The molecule has 1 aromatic carbocycles. The van der Waals surface area contributed by atoms with Gasteiger partial charge in [-0.1, -0.05) is 19.3 Å². The van der Waals surface area contributed by atoms with Crippen LogP contribution >= 0.6 is 0 Å². The summed E-state index contributed by atoms with van der Waals surface area (Å²) in [4.78, 5) is 25.5. The van der Waals surface area contributed by atoms with Crippen LogP contribution in [-0.4, -0.2) is 35.4 Å². The van der Waals surface area contributed by atoms with Crippen molar-refractivity contribution in [2.45, 2.75) is 46.0 Å². The predicted octanol–water partition coefficient (Wildman–Crippen LogP) is 3.66. The summed E-state index contributed by atoms with van der Waals surface area (Å²) in [5, 5.41) is 14.0. The molecule has 0 spiro atoms. The van der Waals surface area contributed by atoms with Gasteiger partial charge in [0.05, 0.1) is 11.5 Å². The fourth-order valence-corrected chi connectivity index (χ4v) is 4.26. The first-order chi connectivity index (χ1) is 11.9. The maximum atomic E-state index is 12.4. The number of piperidine rings is 1. The van der Waals surface area contributed by atoms with Crippen molar-refractivity contribution in [1.29, 1.82) is 0 Å². The number of nitrogens with one attached hydrogen (secondary N) is 1. The number of likely N-dealkylation sites (tertiary alicyclic amines) is 1. The highest BCUT2D eigenvalue weighted by atomic mass is 16.6. The van der Waals surface area contributed by atoms with Crippen molar-refractivity contribution in [3.05, 3.63) is 33.4 Å². The van der Waals surface area contributed by atoms with Crippen LogP contribution in [0, 0.1) is 35.8 Å². The molecular formula is C19H27N3O3. The fraction of sp³-hybridized carbons (Fsp3) is 0.632. The second-order valence-electron chi connectivity index (χ2n) is 7.59. The molecule has 0 radical (unpaired) electrons. The van der Waals surface area contributed by atoms with Crippen molar-refractivity contribution in [1.82, 2.24) is 4.90 Å². The van der Waals surface area contributed by atoms with Crippen molar-refractivity contribution in [3.8, 4) is 0 Å². The molecule has 0 unspecified atom stereocenters. The van der Waals surface area contributed by atoms with E-state index in [-0.39, 0.29) is 11.6 Å². The Hall–Kier alpha value is -1.95. The van der Waals surface area contributed by atoms with E-state index in [1.165, 1.54) is 38.2 Å². The Balaban J connectivity index is 1.63. The van der Waals surface area contributed by atoms with Crippen LogP contribution in [0.15, 0.2) is 12.1 Å². The summed E-state index contributed by atoms with van der Waals surface area (Å²) < 4.78 is 0. The molecule has 1 aromatic rings. The molecule has 0 bridgehead atoms. The molecule has 3 rings (SSSR count). The zero-order valence-electron chi connectivity index (χ0n) is 15.1. The van der Waals surface area contributed by atoms with E-state index in [1.807, 2.05) is 13.8 Å². The monoisotopic (exact) mass is 345 g/mol. The summed E-state index contributed by atoms with van der Waals surface area (Å²) in [6.07, 6.45) is 6.42. The summed E-state index contributed by atoms with van der Waals surface area (Å²) >= 11 is 0. The summed E-state index contributed by atoms with van der Waals surface area (Å²) in [5.74, 6) is 1.38. The number of carbonyl (C=O) groups is 1. The summed E-state index contributed by atoms with van der Waals surface area (Å²) in [6.45, 7) is 5.97. The number of fused-ring (bicyclic) bond motifs is 1. The van der Waals surface area contributed by atoms with Crippen molar-refractivity contribution >= 4 is 17.3 Å². The van der Waals surface area contributed by atoms with Crippen LogP contribution in [-0.2, 0) is 4.79 Å². The quantitative estimate of drug-likeness (QED) is 0.667. The van der Waals surface area contributed by atoms with E-state index in [9.17, 15) is 14.9 Å². The lowest BCUT2D eigenvalue weighted by molar-refractivity contribution is -0.384. The first kappa shape index (κ1) is 17.9. The lowest BCUT2D eigenvalue weighted by Crippen LogP contribution is -2.44. The highest BCUT2D eigenvalue weighted by Gasteiger charge is 2.31. The molecule has 1 amide bonds. The number of aryl methyl sites for hydroxylation is 2. The molecule has 1 aliphatic heterocycles. The molecule has 0 aromatic heterocycles. The Bertz CT molecular complexity index is 674. The number of nitro groups is 1. The number of carbonyl (C=O) groups excluding carboxylic acids is 1. The van der Waals surface area contributed by atoms with E-state index in [2.05, 4.69) is 10.2 Å². The second-order valence-corrected chi connectivity index (χ2v) is 7.59. The van der Waals surface area contributed by atoms with Gasteiger partial charge in [-0.05, 0) is 62.3 Å². The van der Waals surface area contributed by atoms with Gasteiger partial charge in [-0.25, -0.2) is 0 Å². The molecule has 6 heteroatoms. The summed E-state index contributed by atoms with van der Waals surface area (Å²) in [7, 11) is 0. The number of hydrogen-bond acceptors (Lipinski definition) is 4. The SMILES string of the molecule is Cc1cc(NC(=O)CN2CC[C@H]3CCCC[C@@H]3C2)c([N+](=O)[O-])cc1C. The van der Waals surface area contributed by atoms with Gasteiger partial charge in [-0.2, -0.15) is 0 Å². The number of rotatable bonds is 4. The van der Waals surface area contributed by atoms with Crippen molar-refractivity contribution in [3.63, 3.8) is 0 Å². The molecule has 2 fully saturated rings. The van der Waals surface area contributed by atoms with Gasteiger partial charge in [0.1, 0.15) is 5.69 Å². The summed E-state index contributed by atoms with van der Waals surface area (Å²) in [5.41, 5.74) is 2.04. The van der Waals surface area contributed by atoms with E-state index in [4.69, 9.17) is 0 Å². The highest BCUT2D eigenvalue weighted by molar-refractivity contribution is 5.94. The van der Waals surface area contributed by atoms with Gasteiger partial charge in [-0.15, -0.1) is 0 Å². The molecule has 1 N–H and O–H groups in total. The zero-order valence-corrected chi connectivity index (χ0v) is 15.1. The number of hydrogen-bond donors (Lipinski definition) is 1. The Morgan fingerprint density at radius 1 is 1.20 bits per heavy atom. The minimum atomic E-state index is -0.435. The number of nitrogens with zero attached hydrogens (tertiary/aromatic N) is 2. The van der Waals surface area contributed by atoms with Crippen LogP contribution in [0.2, 0.25) is 0 Å². The minimum Gasteiger partial charge on any atom is -0.319 e. The average Bonchev–Trinajstić information content (AvgIpc) is 2.57. The third-order valence-corrected chi connectivity index (χ3v) is 5.83. The standard InChI is InChI=1S/C19H27N3O3/c1-13-9-17(18(22(24)25)10-14(13)2)20-19(23)12-21-8-7-15-5-3-4-6-16(15)11-21/h9-10,15-16H,3-8,11-12H2,1-2H3,(H,20,23)/t15-,16-/m1/s1. The Kier molecular flexibility index (Phi) is 5.37. The first-order valence-corrected chi connectivity index (χ1v) is 9.22. The second kappa shape index (κ2) is 7.52. The number of anilines is 1. The van der Waals surface area contributed by atoms with E-state index >= 15 is 0 Å². The van der Waals surface area contributed by atoms with Crippen molar-refractivity contribution in [2.75, 3.05) is 25.0 Å². The molecule has 136 valence electrons. The van der Waals surface area contributed by atoms with Gasteiger partial charge >= 0.3 is 0 Å². The highest BCUT2D eigenvalue weighted by Crippen LogP contribution is 2.36. The van der Waals surface area contributed by atoms with Gasteiger partial charge in [0.25, 0.3) is 5.69 Å². The molecular weight excluding hydrogens is 318 g/mol. The molecule has 2 atom stereocenters. The van der Waals surface area contributed by atoms with Crippen LogP contribution in [0.3, 0.4) is 0 Å². The Labute approximate surface area is 148 Å². The number of amides is 1. The Morgan fingerprint density at radius 2 is 1.88 bits per heavy atom. The maximum absolute atomic E-state index is 12.4. The third kappa shape index (κ3) is 4.18. The van der Waals surface area contributed by atoms with Crippen LogP contribution in [0.5, 0.6) is 0 Å². The average molecular weight is 345 g/mol. The van der Waals surface area contributed by atoms with Crippen molar-refractivity contribution in [2.24, 2.45) is 11.8 Å². The van der Waals surface area contributed by atoms with Crippen LogP contribution in [0.25, 0.3) is 0 Å². The van der Waals surface area contributed by atoms with E-state index in [0.717, 1.165) is 30.1 Å². The zero-order chi connectivity index (χ0) is 18.0. The predicted molar refractivity (Wildman–Crippen MR) is 97.7 cm³/mol. The maximum Gasteiger partial charge on any atom is 0.293 e. The smallest absolute Gasteiger partial charge is 0.293 e. The van der Waals surface area contributed by atoms with Crippen LogP contribution in [0.4, 0.5) is 11.4 Å². The molecule has 1 aliphatic carbocycles. The molecule has 6 nitrogen and oxygen atoms in total. The minimum absolute atomic E-state index is 0.0394. The van der Waals surface area contributed by atoms with Crippen molar-refractivity contribution < 1.29 is 9.72 Å². The van der Waals surface area contributed by atoms with Gasteiger partial charge < -0.3 is 5.32 Å². The molecule has 25 heavy (non-hydrogen) atoms. The summed E-state index contributed by atoms with van der Waals surface area (Å²) in [6, 6.07) is 3.22. The number of benzene rings is 1. The van der Waals surface area contributed by atoms with Gasteiger partial charge in [0.15, 0.2) is 0 Å². The fourth-order valence-electron chi connectivity index (χ4n) is 4.26. The Morgan fingerprint density at radius 3 is 2.60 bits per heavy atom. The first-order valence-electron chi connectivity index (χ1n) is 9.22.